The van der Waals surface area contributed by atoms with Crippen LogP contribution in [-0.4, -0.2) is 36.5 Å². The Kier molecular flexibility index (Phi) is 5.20. The maximum Gasteiger partial charge on any atom is 0.287 e. The number of nitrogens with zero attached hydrogens (tertiary/aromatic N) is 1. The Morgan fingerprint density at radius 2 is 2.10 bits per heavy atom. The summed E-state index contributed by atoms with van der Waals surface area (Å²) in [6.45, 7) is 7.65. The summed E-state index contributed by atoms with van der Waals surface area (Å²) in [6.07, 6.45) is 2.52. The summed E-state index contributed by atoms with van der Waals surface area (Å²) in [6, 6.07) is 3.82. The number of carbonyl (C=O) groups is 1. The van der Waals surface area contributed by atoms with Crippen LogP contribution in [0, 0.1) is 5.92 Å². The number of furan rings is 1. The van der Waals surface area contributed by atoms with E-state index in [2.05, 4.69) is 24.1 Å². The molecule has 5 nitrogen and oxygen atoms in total. The van der Waals surface area contributed by atoms with Gasteiger partial charge in [-0.1, -0.05) is 13.8 Å². The minimum absolute atomic E-state index is 0.158. The molecule has 1 aliphatic rings. The van der Waals surface area contributed by atoms with E-state index in [0.29, 0.717) is 36.6 Å². The summed E-state index contributed by atoms with van der Waals surface area (Å²) >= 11 is 0. The zero-order valence-corrected chi connectivity index (χ0v) is 12.4. The molecule has 1 saturated heterocycles. The second-order valence-electron chi connectivity index (χ2n) is 5.73. The third-order valence-corrected chi connectivity index (χ3v) is 3.94. The molecule has 1 fully saturated rings. The van der Waals surface area contributed by atoms with Gasteiger partial charge in [0.2, 0.25) is 0 Å². The average Bonchev–Trinajstić information content (AvgIpc) is 3.09. The first-order chi connectivity index (χ1) is 9.61. The highest BCUT2D eigenvalue weighted by molar-refractivity contribution is 5.91. The van der Waals surface area contributed by atoms with Crippen molar-refractivity contribution < 1.29 is 9.21 Å². The third-order valence-electron chi connectivity index (χ3n) is 3.94. The maximum absolute atomic E-state index is 12.1. The quantitative estimate of drug-likeness (QED) is 0.829. The van der Waals surface area contributed by atoms with E-state index in [1.54, 1.807) is 12.1 Å². The summed E-state index contributed by atoms with van der Waals surface area (Å²) in [5.74, 6) is 1.34. The predicted octanol–water partition coefficient (Wildman–Crippen LogP) is 1.59. The predicted molar refractivity (Wildman–Crippen MR) is 78.4 cm³/mol. The molecule has 1 aromatic rings. The SMILES string of the molecule is CC(C)C(CNC(=O)c1ccc(CN)o1)N1CCCC1. The van der Waals surface area contributed by atoms with Gasteiger partial charge in [-0.2, -0.15) is 0 Å². The number of likely N-dealkylation sites (tertiary alicyclic amines) is 1. The lowest BCUT2D eigenvalue weighted by Gasteiger charge is -2.30. The van der Waals surface area contributed by atoms with Crippen LogP contribution >= 0.6 is 0 Å². The molecule has 0 radical (unpaired) electrons. The van der Waals surface area contributed by atoms with E-state index in [1.807, 2.05) is 0 Å². The van der Waals surface area contributed by atoms with Crippen molar-refractivity contribution in [1.82, 2.24) is 10.2 Å². The molecule has 5 heteroatoms. The molecular weight excluding hydrogens is 254 g/mol. The first-order valence-electron chi connectivity index (χ1n) is 7.43. The van der Waals surface area contributed by atoms with Crippen molar-refractivity contribution in [1.29, 1.82) is 0 Å². The largest absolute Gasteiger partial charge is 0.455 e. The van der Waals surface area contributed by atoms with Gasteiger partial charge in [0.15, 0.2) is 5.76 Å². The molecule has 0 spiro atoms. The molecule has 0 saturated carbocycles. The van der Waals surface area contributed by atoms with Gasteiger partial charge in [-0.3, -0.25) is 9.69 Å². The number of nitrogens with one attached hydrogen (secondary N) is 1. The Hall–Kier alpha value is -1.33. The van der Waals surface area contributed by atoms with Crippen LogP contribution in [0.25, 0.3) is 0 Å². The van der Waals surface area contributed by atoms with E-state index in [-0.39, 0.29) is 5.91 Å². The van der Waals surface area contributed by atoms with Crippen molar-refractivity contribution in [3.8, 4) is 0 Å². The van der Waals surface area contributed by atoms with Gasteiger partial charge in [0.25, 0.3) is 5.91 Å². The zero-order valence-electron chi connectivity index (χ0n) is 12.4. The highest BCUT2D eigenvalue weighted by Crippen LogP contribution is 2.17. The molecule has 1 amide bonds. The fourth-order valence-corrected chi connectivity index (χ4v) is 2.75. The van der Waals surface area contributed by atoms with Gasteiger partial charge in [0.1, 0.15) is 5.76 Å². The summed E-state index contributed by atoms with van der Waals surface area (Å²) in [5, 5.41) is 2.98. The highest BCUT2D eigenvalue weighted by Gasteiger charge is 2.25. The summed E-state index contributed by atoms with van der Waals surface area (Å²) in [4.78, 5) is 14.5. The number of hydrogen-bond acceptors (Lipinski definition) is 4. The van der Waals surface area contributed by atoms with Gasteiger partial charge in [-0.05, 0) is 44.0 Å². The minimum Gasteiger partial charge on any atom is -0.455 e. The molecule has 1 unspecified atom stereocenters. The molecule has 2 rings (SSSR count). The molecule has 1 aromatic heterocycles. The smallest absolute Gasteiger partial charge is 0.287 e. The fraction of sp³-hybridized carbons (Fsp3) is 0.667. The van der Waals surface area contributed by atoms with Crippen LogP contribution in [0.2, 0.25) is 0 Å². The van der Waals surface area contributed by atoms with Gasteiger partial charge in [-0.25, -0.2) is 0 Å². The first-order valence-corrected chi connectivity index (χ1v) is 7.43. The summed E-state index contributed by atoms with van der Waals surface area (Å²) in [5.41, 5.74) is 5.48. The van der Waals surface area contributed by atoms with Crippen LogP contribution in [0.5, 0.6) is 0 Å². The third kappa shape index (κ3) is 3.61. The highest BCUT2D eigenvalue weighted by atomic mass is 16.4. The minimum atomic E-state index is -0.158. The summed E-state index contributed by atoms with van der Waals surface area (Å²) < 4.78 is 5.36. The Morgan fingerprint density at radius 1 is 1.40 bits per heavy atom. The average molecular weight is 279 g/mol. The molecule has 1 atom stereocenters. The molecule has 2 heterocycles. The Morgan fingerprint density at radius 3 is 2.65 bits per heavy atom. The van der Waals surface area contributed by atoms with Gasteiger partial charge >= 0.3 is 0 Å². The lowest BCUT2D eigenvalue weighted by molar-refractivity contribution is 0.0898. The number of amides is 1. The zero-order chi connectivity index (χ0) is 14.5. The summed E-state index contributed by atoms with van der Waals surface area (Å²) in [7, 11) is 0. The van der Waals surface area contributed by atoms with E-state index in [1.165, 1.54) is 12.8 Å². The Balaban J connectivity index is 1.89. The van der Waals surface area contributed by atoms with Gasteiger partial charge in [-0.15, -0.1) is 0 Å². The lowest BCUT2D eigenvalue weighted by atomic mass is 10.0. The number of hydrogen-bond donors (Lipinski definition) is 2. The van der Waals surface area contributed by atoms with Crippen LogP contribution in [-0.2, 0) is 6.54 Å². The van der Waals surface area contributed by atoms with Crippen LogP contribution < -0.4 is 11.1 Å². The molecule has 0 bridgehead atoms. The number of carbonyl (C=O) groups excluding carboxylic acids is 1. The van der Waals surface area contributed by atoms with E-state index < -0.39 is 0 Å². The van der Waals surface area contributed by atoms with E-state index in [9.17, 15) is 4.79 Å². The van der Waals surface area contributed by atoms with Crippen LogP contribution in [0.4, 0.5) is 0 Å². The van der Waals surface area contributed by atoms with E-state index in [0.717, 1.165) is 13.1 Å². The fourth-order valence-electron chi connectivity index (χ4n) is 2.75. The van der Waals surface area contributed by atoms with Crippen LogP contribution in [0.1, 0.15) is 43.0 Å². The standard InChI is InChI=1S/C15H25N3O2/c1-11(2)13(18-7-3-4-8-18)10-17-15(19)14-6-5-12(9-16)20-14/h5-6,11,13H,3-4,7-10,16H2,1-2H3,(H,17,19). The monoisotopic (exact) mass is 279 g/mol. The number of rotatable bonds is 6. The Bertz CT molecular complexity index is 436. The van der Waals surface area contributed by atoms with Crippen molar-refractivity contribution in [3.05, 3.63) is 23.7 Å². The lowest BCUT2D eigenvalue weighted by Crippen LogP contribution is -2.45. The van der Waals surface area contributed by atoms with Crippen LogP contribution in [0.15, 0.2) is 16.5 Å². The van der Waals surface area contributed by atoms with Crippen molar-refractivity contribution in [2.75, 3.05) is 19.6 Å². The van der Waals surface area contributed by atoms with E-state index >= 15 is 0 Å². The molecule has 3 N–H and O–H groups in total. The molecule has 1 aliphatic heterocycles. The topological polar surface area (TPSA) is 71.5 Å². The van der Waals surface area contributed by atoms with E-state index in [4.69, 9.17) is 10.2 Å². The molecule has 20 heavy (non-hydrogen) atoms. The molecular formula is C15H25N3O2. The normalized spacial score (nSPS) is 17.6. The molecule has 0 aromatic carbocycles. The van der Waals surface area contributed by atoms with Crippen molar-refractivity contribution in [2.24, 2.45) is 11.7 Å². The van der Waals surface area contributed by atoms with Crippen molar-refractivity contribution in [3.63, 3.8) is 0 Å². The van der Waals surface area contributed by atoms with Crippen molar-refractivity contribution in [2.45, 2.75) is 39.3 Å². The van der Waals surface area contributed by atoms with Crippen LogP contribution in [0.3, 0.4) is 0 Å². The number of nitrogens with two attached hydrogens (primary N) is 1. The van der Waals surface area contributed by atoms with Crippen molar-refractivity contribution >= 4 is 5.91 Å². The van der Waals surface area contributed by atoms with Gasteiger partial charge < -0.3 is 15.5 Å². The molecule has 0 aliphatic carbocycles. The van der Waals surface area contributed by atoms with Gasteiger partial charge in [0.05, 0.1) is 6.54 Å². The first kappa shape index (κ1) is 15.1. The Labute approximate surface area is 120 Å². The second-order valence-corrected chi connectivity index (χ2v) is 5.73. The van der Waals surface area contributed by atoms with Gasteiger partial charge in [0, 0.05) is 12.6 Å². The molecule has 112 valence electrons. The maximum atomic E-state index is 12.1. The second kappa shape index (κ2) is 6.90.